The SMILES string of the molecule is F[B-](F)(F)Cc1cc(Br)cc(Br)c1.[K+]. The van der Waals surface area contributed by atoms with Gasteiger partial charge in [0.25, 0.3) is 0 Å². The van der Waals surface area contributed by atoms with Crippen molar-refractivity contribution in [1.82, 2.24) is 0 Å². The fourth-order valence-corrected chi connectivity index (χ4v) is 2.38. The van der Waals surface area contributed by atoms with Crippen LogP contribution in [-0.2, 0) is 6.32 Å². The molecule has 0 saturated carbocycles. The Morgan fingerprint density at radius 1 is 1.00 bits per heavy atom. The van der Waals surface area contributed by atoms with E-state index in [0.29, 0.717) is 8.95 Å². The molecule has 7 heteroatoms. The van der Waals surface area contributed by atoms with E-state index in [2.05, 4.69) is 31.9 Å². The molecule has 0 radical (unpaired) electrons. The van der Waals surface area contributed by atoms with Crippen molar-refractivity contribution in [3.05, 3.63) is 32.7 Å². The van der Waals surface area contributed by atoms with Crippen LogP contribution in [0.2, 0.25) is 0 Å². The summed E-state index contributed by atoms with van der Waals surface area (Å²) in [6.45, 7) is -4.75. The summed E-state index contributed by atoms with van der Waals surface area (Å²) in [5.74, 6) is 0. The first-order valence-electron chi connectivity index (χ1n) is 3.53. The molecule has 0 aliphatic carbocycles. The molecule has 0 spiro atoms. The Morgan fingerprint density at radius 3 is 1.79 bits per heavy atom. The molecule has 0 N–H and O–H groups in total. The van der Waals surface area contributed by atoms with Gasteiger partial charge >= 0.3 is 58.4 Å². The van der Waals surface area contributed by atoms with Gasteiger partial charge in [0, 0.05) is 8.95 Å². The first-order chi connectivity index (χ1) is 5.87. The van der Waals surface area contributed by atoms with E-state index in [0.717, 1.165) is 0 Å². The van der Waals surface area contributed by atoms with Crippen molar-refractivity contribution >= 4 is 38.8 Å². The summed E-state index contributed by atoms with van der Waals surface area (Å²) in [6.07, 6.45) is -0.835. The Hall–Kier alpha value is 1.67. The van der Waals surface area contributed by atoms with Gasteiger partial charge < -0.3 is 12.9 Å². The second-order valence-corrected chi connectivity index (χ2v) is 4.52. The minimum Gasteiger partial charge on any atom is -0.449 e. The number of hydrogen-bond acceptors (Lipinski definition) is 0. The van der Waals surface area contributed by atoms with E-state index in [1.54, 1.807) is 6.07 Å². The number of benzene rings is 1. The zero-order chi connectivity index (χ0) is 10.1. The molecule has 0 aliphatic rings. The van der Waals surface area contributed by atoms with Crippen molar-refractivity contribution < 1.29 is 64.3 Å². The molecule has 1 aromatic carbocycles. The van der Waals surface area contributed by atoms with Gasteiger partial charge in [0.1, 0.15) is 0 Å². The average Bonchev–Trinajstić information content (AvgIpc) is 1.78. The van der Waals surface area contributed by atoms with Crippen molar-refractivity contribution in [2.24, 2.45) is 0 Å². The summed E-state index contributed by atoms with van der Waals surface area (Å²) in [4.78, 5) is 0. The summed E-state index contributed by atoms with van der Waals surface area (Å²) in [5, 5.41) is 0. The molecule has 0 nitrogen and oxygen atoms in total. The van der Waals surface area contributed by atoms with Crippen molar-refractivity contribution in [3.63, 3.8) is 0 Å². The zero-order valence-electron chi connectivity index (χ0n) is 7.41. The summed E-state index contributed by atoms with van der Waals surface area (Å²) in [5.41, 5.74) is 0.272. The van der Waals surface area contributed by atoms with Crippen LogP contribution in [-0.4, -0.2) is 6.98 Å². The van der Waals surface area contributed by atoms with Gasteiger partial charge in [-0.1, -0.05) is 43.7 Å². The third kappa shape index (κ3) is 6.30. The smallest absolute Gasteiger partial charge is 0.449 e. The molecule has 0 aromatic heterocycles. The first-order valence-corrected chi connectivity index (χ1v) is 5.11. The largest absolute Gasteiger partial charge is 1.00 e. The molecule has 0 bridgehead atoms. The van der Waals surface area contributed by atoms with E-state index in [4.69, 9.17) is 0 Å². The van der Waals surface area contributed by atoms with Crippen molar-refractivity contribution in [3.8, 4) is 0 Å². The van der Waals surface area contributed by atoms with E-state index in [9.17, 15) is 12.9 Å². The Morgan fingerprint density at radius 2 is 1.43 bits per heavy atom. The average molecular weight is 356 g/mol. The van der Waals surface area contributed by atoms with Crippen LogP contribution in [0.25, 0.3) is 0 Å². The van der Waals surface area contributed by atoms with Crippen LogP contribution < -0.4 is 51.4 Å². The maximum atomic E-state index is 12.0. The van der Waals surface area contributed by atoms with Crippen LogP contribution >= 0.6 is 31.9 Å². The van der Waals surface area contributed by atoms with Crippen LogP contribution in [0.1, 0.15) is 5.56 Å². The minimum absolute atomic E-state index is 0. The van der Waals surface area contributed by atoms with Crippen LogP contribution in [0, 0.1) is 0 Å². The summed E-state index contributed by atoms with van der Waals surface area (Å²) >= 11 is 6.26. The standard InChI is InChI=1S/C7H5BBr2F3.K/c9-6-1-5(2-7(10)3-6)4-8(11,12)13;/h1-3H,4H2;/q-1;+1. The van der Waals surface area contributed by atoms with Crippen LogP contribution in [0.3, 0.4) is 0 Å². The quantitative estimate of drug-likeness (QED) is 0.698. The second kappa shape index (κ2) is 6.42. The van der Waals surface area contributed by atoms with E-state index in [1.165, 1.54) is 12.1 Å². The molecule has 14 heavy (non-hydrogen) atoms. The molecule has 1 rings (SSSR count). The monoisotopic (exact) mass is 354 g/mol. The predicted octanol–water partition coefficient (Wildman–Crippen LogP) is 1.14. The van der Waals surface area contributed by atoms with Gasteiger partial charge in [0.15, 0.2) is 0 Å². The molecular formula is C7H5BBr2F3K. The van der Waals surface area contributed by atoms with Crippen molar-refractivity contribution in [2.45, 2.75) is 6.32 Å². The fourth-order valence-electron chi connectivity index (χ4n) is 0.996. The Bertz CT molecular complexity index is 296. The van der Waals surface area contributed by atoms with E-state index < -0.39 is 13.3 Å². The maximum absolute atomic E-state index is 12.0. The third-order valence-electron chi connectivity index (χ3n) is 1.39. The fraction of sp³-hybridized carbons (Fsp3) is 0.143. The predicted molar refractivity (Wildman–Crippen MR) is 54.6 cm³/mol. The molecule has 0 atom stereocenters. The van der Waals surface area contributed by atoms with Gasteiger partial charge in [-0.25, -0.2) is 0 Å². The minimum atomic E-state index is -4.75. The molecular weight excluding hydrogens is 351 g/mol. The second-order valence-electron chi connectivity index (χ2n) is 2.69. The normalized spacial score (nSPS) is 10.9. The van der Waals surface area contributed by atoms with Gasteiger partial charge in [-0.05, 0) is 18.2 Å². The zero-order valence-corrected chi connectivity index (χ0v) is 13.7. The molecule has 0 aliphatic heterocycles. The summed E-state index contributed by atoms with van der Waals surface area (Å²) < 4.78 is 37.4. The van der Waals surface area contributed by atoms with E-state index in [1.807, 2.05) is 0 Å². The molecule has 0 amide bonds. The van der Waals surface area contributed by atoms with E-state index in [-0.39, 0.29) is 56.9 Å². The van der Waals surface area contributed by atoms with Crippen LogP contribution in [0.15, 0.2) is 27.1 Å². The Labute approximate surface area is 140 Å². The number of hydrogen-bond donors (Lipinski definition) is 0. The van der Waals surface area contributed by atoms with Gasteiger partial charge in [0.05, 0.1) is 0 Å². The number of halogens is 5. The Kier molecular flexibility index (Phi) is 7.18. The summed E-state index contributed by atoms with van der Waals surface area (Å²) in [6, 6.07) is 4.65. The summed E-state index contributed by atoms with van der Waals surface area (Å²) in [7, 11) is 0. The molecule has 1 aromatic rings. The first kappa shape index (κ1) is 15.7. The van der Waals surface area contributed by atoms with Crippen molar-refractivity contribution in [1.29, 1.82) is 0 Å². The van der Waals surface area contributed by atoms with Gasteiger partial charge in [-0.15, -0.1) is 0 Å². The topological polar surface area (TPSA) is 0 Å². The molecule has 0 unspecified atom stereocenters. The van der Waals surface area contributed by atoms with Gasteiger partial charge in [-0.3, -0.25) is 0 Å². The van der Waals surface area contributed by atoms with Crippen molar-refractivity contribution in [2.75, 3.05) is 0 Å². The molecule has 0 fully saturated rings. The number of rotatable bonds is 2. The van der Waals surface area contributed by atoms with Crippen LogP contribution in [0.5, 0.6) is 0 Å². The van der Waals surface area contributed by atoms with Crippen LogP contribution in [0.4, 0.5) is 12.9 Å². The van der Waals surface area contributed by atoms with Gasteiger partial charge in [0.2, 0.25) is 0 Å². The molecule has 72 valence electrons. The van der Waals surface area contributed by atoms with Gasteiger partial charge in [-0.2, -0.15) is 0 Å². The van der Waals surface area contributed by atoms with E-state index >= 15 is 0 Å². The third-order valence-corrected chi connectivity index (χ3v) is 2.31. The maximum Gasteiger partial charge on any atom is 1.00 e. The Balaban J connectivity index is 0.00000169. The molecule has 0 heterocycles. The molecule has 0 saturated heterocycles.